The van der Waals surface area contributed by atoms with Crippen molar-refractivity contribution in [2.45, 2.75) is 0 Å². The minimum absolute atomic E-state index is 0.652. The highest BCUT2D eigenvalue weighted by molar-refractivity contribution is 6.31. The summed E-state index contributed by atoms with van der Waals surface area (Å²) in [6.45, 7) is 0. The number of hydrogen-bond donors (Lipinski definition) is 0. The normalized spacial score (nSPS) is 9.95. The lowest BCUT2D eigenvalue weighted by atomic mass is 10.2. The summed E-state index contributed by atoms with van der Waals surface area (Å²) < 4.78 is 0. The second kappa shape index (κ2) is 5.09. The summed E-state index contributed by atoms with van der Waals surface area (Å²) in [5.74, 6) is 6.07. The first-order valence-electron chi connectivity index (χ1n) is 5.81. The largest absolute Gasteiger partial charge is 0.252 e. The Morgan fingerprint density at radius 1 is 0.895 bits per heavy atom. The number of halogens is 1. The maximum absolute atomic E-state index is 5.90. The van der Waals surface area contributed by atoms with Crippen LogP contribution < -0.4 is 0 Å². The molecular formula is C16H9ClN2. The summed E-state index contributed by atoms with van der Waals surface area (Å²) in [5, 5.41) is 0.657. The zero-order valence-corrected chi connectivity index (χ0v) is 10.7. The first-order chi connectivity index (χ1) is 9.31. The van der Waals surface area contributed by atoms with Crippen molar-refractivity contribution in [2.24, 2.45) is 0 Å². The molecular weight excluding hydrogens is 256 g/mol. The molecule has 0 unspecified atom stereocenters. The Balaban J connectivity index is 1.99. The van der Waals surface area contributed by atoms with E-state index in [2.05, 4.69) is 21.8 Å². The van der Waals surface area contributed by atoms with Crippen molar-refractivity contribution in [1.82, 2.24) is 9.97 Å². The van der Waals surface area contributed by atoms with Crippen LogP contribution in [0.1, 0.15) is 11.3 Å². The molecule has 0 spiro atoms. The van der Waals surface area contributed by atoms with Crippen LogP contribution in [0.4, 0.5) is 0 Å². The van der Waals surface area contributed by atoms with Gasteiger partial charge in [0.15, 0.2) is 0 Å². The predicted molar refractivity (Wildman–Crippen MR) is 77.0 cm³/mol. The maximum Gasteiger partial charge on any atom is 0.132 e. The molecule has 0 aliphatic heterocycles. The zero-order chi connectivity index (χ0) is 13.1. The van der Waals surface area contributed by atoms with Gasteiger partial charge in [-0.05, 0) is 36.3 Å². The van der Waals surface area contributed by atoms with Crippen molar-refractivity contribution in [3.63, 3.8) is 0 Å². The lowest BCUT2D eigenvalue weighted by Crippen LogP contribution is -1.88. The van der Waals surface area contributed by atoms with Gasteiger partial charge in [-0.25, -0.2) is 4.98 Å². The lowest BCUT2D eigenvalue weighted by Gasteiger charge is -1.97. The van der Waals surface area contributed by atoms with Crippen molar-refractivity contribution in [1.29, 1.82) is 0 Å². The molecule has 0 saturated carbocycles. The number of aromatic nitrogens is 2. The predicted octanol–water partition coefficient (Wildman–Crippen LogP) is 3.68. The molecule has 0 aliphatic carbocycles. The number of benzene rings is 2. The molecule has 0 radical (unpaired) electrons. The molecule has 3 rings (SSSR count). The smallest absolute Gasteiger partial charge is 0.132 e. The Morgan fingerprint density at radius 3 is 2.58 bits per heavy atom. The van der Waals surface area contributed by atoms with Crippen LogP contribution >= 0.6 is 11.6 Å². The van der Waals surface area contributed by atoms with Crippen molar-refractivity contribution < 1.29 is 0 Å². The van der Waals surface area contributed by atoms with Crippen molar-refractivity contribution in [3.05, 3.63) is 71.0 Å². The summed E-state index contributed by atoms with van der Waals surface area (Å²) in [6, 6.07) is 15.2. The lowest BCUT2D eigenvalue weighted by molar-refractivity contribution is 1.26. The van der Waals surface area contributed by atoms with E-state index in [0.29, 0.717) is 10.7 Å². The van der Waals surface area contributed by atoms with Crippen LogP contribution in [0.15, 0.2) is 54.7 Å². The molecule has 3 aromatic rings. The first-order valence-corrected chi connectivity index (χ1v) is 6.18. The molecule has 1 aromatic heterocycles. The molecule has 2 nitrogen and oxygen atoms in total. The fourth-order valence-electron chi connectivity index (χ4n) is 1.70. The van der Waals surface area contributed by atoms with Gasteiger partial charge in [-0.1, -0.05) is 35.7 Å². The average Bonchev–Trinajstić information content (AvgIpc) is 2.46. The molecule has 2 aromatic carbocycles. The van der Waals surface area contributed by atoms with Gasteiger partial charge in [-0.2, -0.15) is 0 Å². The number of rotatable bonds is 0. The Hall–Kier alpha value is -2.37. The van der Waals surface area contributed by atoms with Crippen LogP contribution in [0.5, 0.6) is 0 Å². The minimum atomic E-state index is 0.652. The van der Waals surface area contributed by atoms with E-state index in [0.717, 1.165) is 16.6 Å². The van der Waals surface area contributed by atoms with Crippen molar-refractivity contribution in [2.75, 3.05) is 0 Å². The van der Waals surface area contributed by atoms with E-state index in [-0.39, 0.29) is 0 Å². The summed E-state index contributed by atoms with van der Waals surface area (Å²) >= 11 is 5.90. The van der Waals surface area contributed by atoms with Crippen LogP contribution in [0.3, 0.4) is 0 Å². The number of hydrogen-bond acceptors (Lipinski definition) is 2. The van der Waals surface area contributed by atoms with E-state index in [9.17, 15) is 0 Å². The van der Waals surface area contributed by atoms with Crippen LogP contribution in [-0.4, -0.2) is 9.97 Å². The minimum Gasteiger partial charge on any atom is -0.252 e. The fourth-order valence-corrected chi connectivity index (χ4v) is 1.87. The highest BCUT2D eigenvalue weighted by Crippen LogP contribution is 2.15. The fraction of sp³-hybridized carbons (Fsp3) is 0. The maximum atomic E-state index is 5.90. The first kappa shape index (κ1) is 11.7. The molecule has 0 atom stereocenters. The van der Waals surface area contributed by atoms with Gasteiger partial charge in [0.25, 0.3) is 0 Å². The summed E-state index contributed by atoms with van der Waals surface area (Å²) in [7, 11) is 0. The Morgan fingerprint density at radius 2 is 1.74 bits per heavy atom. The van der Waals surface area contributed by atoms with Gasteiger partial charge in [0.1, 0.15) is 5.69 Å². The van der Waals surface area contributed by atoms with E-state index in [1.165, 1.54) is 0 Å². The third kappa shape index (κ3) is 2.73. The van der Waals surface area contributed by atoms with Crippen LogP contribution in [-0.2, 0) is 0 Å². The molecule has 0 amide bonds. The topological polar surface area (TPSA) is 25.8 Å². The van der Waals surface area contributed by atoms with Gasteiger partial charge >= 0.3 is 0 Å². The molecule has 0 fully saturated rings. The second-order valence-corrected chi connectivity index (χ2v) is 4.44. The van der Waals surface area contributed by atoms with Crippen LogP contribution in [0.2, 0.25) is 5.02 Å². The highest BCUT2D eigenvalue weighted by atomic mass is 35.5. The van der Waals surface area contributed by atoms with E-state index >= 15 is 0 Å². The molecule has 90 valence electrons. The molecule has 3 heteroatoms. The summed E-state index contributed by atoms with van der Waals surface area (Å²) in [4.78, 5) is 8.74. The molecule has 19 heavy (non-hydrogen) atoms. The number of nitrogens with zero attached hydrogens (tertiary/aromatic N) is 2. The second-order valence-electron chi connectivity index (χ2n) is 4.00. The van der Waals surface area contributed by atoms with E-state index in [1.54, 1.807) is 18.3 Å². The number of fused-ring (bicyclic) bond motifs is 1. The molecule has 0 N–H and O–H groups in total. The average molecular weight is 265 g/mol. The third-order valence-electron chi connectivity index (χ3n) is 2.61. The van der Waals surface area contributed by atoms with Crippen molar-refractivity contribution >= 4 is 22.6 Å². The van der Waals surface area contributed by atoms with E-state index in [1.807, 2.05) is 36.4 Å². The van der Waals surface area contributed by atoms with Gasteiger partial charge in [-0.3, -0.25) is 4.98 Å². The van der Waals surface area contributed by atoms with E-state index in [4.69, 9.17) is 11.6 Å². The summed E-state index contributed by atoms with van der Waals surface area (Å²) in [6.07, 6.45) is 1.66. The van der Waals surface area contributed by atoms with Gasteiger partial charge < -0.3 is 0 Å². The Kier molecular flexibility index (Phi) is 3.14. The molecule has 0 bridgehead atoms. The van der Waals surface area contributed by atoms with Crippen LogP contribution in [0.25, 0.3) is 11.0 Å². The standard InChI is InChI=1S/C16H9ClN2/c17-13-7-9-15-16(10-13)18-11-14(19-15)8-6-12-4-2-1-3-5-12/h1-5,7,9-11H. The highest BCUT2D eigenvalue weighted by Gasteiger charge is 1.98. The van der Waals surface area contributed by atoms with Gasteiger partial charge in [0, 0.05) is 10.6 Å². The SMILES string of the molecule is Clc1ccc2nc(C#Cc3ccccc3)cnc2c1. The Bertz CT molecular complexity index is 786. The molecule has 0 saturated heterocycles. The third-order valence-corrected chi connectivity index (χ3v) is 2.85. The molecule has 1 heterocycles. The van der Waals surface area contributed by atoms with Gasteiger partial charge in [0.05, 0.1) is 17.2 Å². The van der Waals surface area contributed by atoms with Crippen molar-refractivity contribution in [3.8, 4) is 11.8 Å². The van der Waals surface area contributed by atoms with Crippen LogP contribution in [0, 0.1) is 11.8 Å². The zero-order valence-electron chi connectivity index (χ0n) is 9.97. The van der Waals surface area contributed by atoms with E-state index < -0.39 is 0 Å². The quantitative estimate of drug-likeness (QED) is 0.579. The van der Waals surface area contributed by atoms with Gasteiger partial charge in [-0.15, -0.1) is 0 Å². The van der Waals surface area contributed by atoms with Gasteiger partial charge in [0.2, 0.25) is 0 Å². The Labute approximate surface area is 116 Å². The summed E-state index contributed by atoms with van der Waals surface area (Å²) in [5.41, 5.74) is 3.18. The monoisotopic (exact) mass is 264 g/mol. The molecule has 0 aliphatic rings.